The summed E-state index contributed by atoms with van der Waals surface area (Å²) >= 11 is 5.75. The molecular weight excluding hydrogens is 374 g/mol. The number of benzene rings is 2. The van der Waals surface area contributed by atoms with Crippen LogP contribution in [-0.4, -0.2) is 19.5 Å². The third-order valence-corrected chi connectivity index (χ3v) is 6.32. The van der Waals surface area contributed by atoms with Crippen LogP contribution < -0.4 is 0 Å². The van der Waals surface area contributed by atoms with Crippen LogP contribution in [0.5, 0.6) is 0 Å². The van der Waals surface area contributed by atoms with Crippen LogP contribution in [0.1, 0.15) is 24.2 Å². The second kappa shape index (κ2) is 7.49. The number of halogens is 3. The Morgan fingerprint density at radius 1 is 1.16 bits per heavy atom. The van der Waals surface area contributed by atoms with E-state index in [1.165, 1.54) is 31.2 Å². The number of carbonyl (C=O) groups is 1. The maximum absolute atomic E-state index is 14.2. The van der Waals surface area contributed by atoms with Gasteiger partial charge >= 0.3 is 5.97 Å². The van der Waals surface area contributed by atoms with Crippen molar-refractivity contribution >= 4 is 27.4 Å². The highest BCUT2D eigenvalue weighted by molar-refractivity contribution is 7.91. The summed E-state index contributed by atoms with van der Waals surface area (Å²) < 4.78 is 53.8. The van der Waals surface area contributed by atoms with Crippen LogP contribution in [0.3, 0.4) is 0 Å². The second-order valence-electron chi connectivity index (χ2n) is 5.66. The molecule has 8 heteroatoms. The lowest BCUT2D eigenvalue weighted by atomic mass is 9.97. The van der Waals surface area contributed by atoms with Gasteiger partial charge in [-0.05, 0) is 48.4 Å². The summed E-state index contributed by atoms with van der Waals surface area (Å²) in [6.07, 6.45) is -0.520. The van der Waals surface area contributed by atoms with Crippen molar-refractivity contribution in [1.82, 2.24) is 0 Å². The van der Waals surface area contributed by atoms with Gasteiger partial charge in [-0.15, -0.1) is 0 Å². The maximum atomic E-state index is 14.2. The Kier molecular flexibility index (Phi) is 5.80. The van der Waals surface area contributed by atoms with Gasteiger partial charge in [0, 0.05) is 17.0 Å². The molecule has 0 bridgehead atoms. The SMILES string of the molecule is CC(CC(=O)O)C(c1cc(F)ccc1F)S(=O)(=O)c1ccc(Cl)cc1. The number of carboxylic acids is 1. The first-order valence-electron chi connectivity index (χ1n) is 7.29. The van der Waals surface area contributed by atoms with Gasteiger partial charge in [-0.3, -0.25) is 4.79 Å². The van der Waals surface area contributed by atoms with Gasteiger partial charge in [0.25, 0.3) is 0 Å². The Hall–Kier alpha value is -1.99. The summed E-state index contributed by atoms with van der Waals surface area (Å²) in [6.45, 7) is 1.37. The summed E-state index contributed by atoms with van der Waals surface area (Å²) in [5.41, 5.74) is -0.399. The molecule has 0 aliphatic carbocycles. The van der Waals surface area contributed by atoms with Crippen LogP contribution in [0.4, 0.5) is 8.78 Å². The van der Waals surface area contributed by atoms with Gasteiger partial charge in [-0.25, -0.2) is 17.2 Å². The van der Waals surface area contributed by atoms with Crippen LogP contribution in [0, 0.1) is 17.6 Å². The van der Waals surface area contributed by atoms with E-state index in [9.17, 15) is 22.0 Å². The monoisotopic (exact) mass is 388 g/mol. The highest BCUT2D eigenvalue weighted by Gasteiger charge is 2.37. The first-order valence-corrected chi connectivity index (χ1v) is 9.21. The molecule has 4 nitrogen and oxygen atoms in total. The summed E-state index contributed by atoms with van der Waals surface area (Å²) in [4.78, 5) is 10.9. The quantitative estimate of drug-likeness (QED) is 0.803. The Bertz CT molecular complexity index is 882. The van der Waals surface area contributed by atoms with Crippen molar-refractivity contribution in [2.24, 2.45) is 5.92 Å². The minimum absolute atomic E-state index is 0.150. The van der Waals surface area contributed by atoms with Gasteiger partial charge in [-0.2, -0.15) is 0 Å². The normalized spacial score (nSPS) is 14.1. The molecule has 0 amide bonds. The largest absolute Gasteiger partial charge is 0.481 e. The Morgan fingerprint density at radius 2 is 1.76 bits per heavy atom. The molecule has 0 aliphatic heterocycles. The van der Waals surface area contributed by atoms with Crippen LogP contribution in [0.2, 0.25) is 5.02 Å². The number of hydrogen-bond donors (Lipinski definition) is 1. The molecule has 25 heavy (non-hydrogen) atoms. The zero-order chi connectivity index (χ0) is 18.8. The summed E-state index contributed by atoms with van der Waals surface area (Å²) in [6, 6.07) is 7.68. The molecule has 0 aliphatic rings. The zero-order valence-corrected chi connectivity index (χ0v) is 14.7. The third kappa shape index (κ3) is 4.35. The Balaban J connectivity index is 2.63. The van der Waals surface area contributed by atoms with Gasteiger partial charge in [-0.1, -0.05) is 18.5 Å². The molecule has 0 heterocycles. The molecule has 1 N–H and O–H groups in total. The second-order valence-corrected chi connectivity index (χ2v) is 8.17. The van der Waals surface area contributed by atoms with E-state index in [0.29, 0.717) is 5.02 Å². The van der Waals surface area contributed by atoms with Crippen LogP contribution >= 0.6 is 11.6 Å². The van der Waals surface area contributed by atoms with E-state index in [0.717, 1.165) is 18.2 Å². The number of aliphatic carboxylic acids is 1. The van der Waals surface area contributed by atoms with E-state index in [4.69, 9.17) is 16.7 Å². The van der Waals surface area contributed by atoms with Crippen LogP contribution in [0.25, 0.3) is 0 Å². The van der Waals surface area contributed by atoms with Crippen molar-refractivity contribution in [2.45, 2.75) is 23.5 Å². The number of carboxylic acid groups (broad SMARTS) is 1. The molecule has 0 saturated carbocycles. The van der Waals surface area contributed by atoms with Crippen molar-refractivity contribution in [1.29, 1.82) is 0 Å². The lowest BCUT2D eigenvalue weighted by molar-refractivity contribution is -0.137. The first kappa shape index (κ1) is 19.3. The molecule has 2 unspecified atom stereocenters. The fourth-order valence-electron chi connectivity index (χ4n) is 2.67. The number of sulfone groups is 1. The van der Waals surface area contributed by atoms with E-state index < -0.39 is 50.6 Å². The van der Waals surface area contributed by atoms with Crippen molar-refractivity contribution in [2.75, 3.05) is 0 Å². The Labute approximate surface area is 149 Å². The first-order chi connectivity index (χ1) is 11.6. The van der Waals surface area contributed by atoms with Gasteiger partial charge in [0.05, 0.1) is 10.1 Å². The molecule has 0 spiro atoms. The average Bonchev–Trinajstić information content (AvgIpc) is 2.50. The zero-order valence-electron chi connectivity index (χ0n) is 13.1. The lowest BCUT2D eigenvalue weighted by Gasteiger charge is -2.24. The van der Waals surface area contributed by atoms with Gasteiger partial charge in [0.15, 0.2) is 9.84 Å². The summed E-state index contributed by atoms with van der Waals surface area (Å²) in [5.74, 6) is -3.95. The van der Waals surface area contributed by atoms with E-state index in [1.807, 2.05) is 0 Å². The molecule has 0 radical (unpaired) electrons. The smallest absolute Gasteiger partial charge is 0.303 e. The molecule has 0 aromatic heterocycles. The van der Waals surface area contributed by atoms with Gasteiger partial charge < -0.3 is 5.11 Å². The van der Waals surface area contributed by atoms with Gasteiger partial charge in [0.2, 0.25) is 0 Å². The fraction of sp³-hybridized carbons (Fsp3) is 0.235. The van der Waals surface area contributed by atoms with Crippen molar-refractivity contribution in [3.05, 3.63) is 64.7 Å². The predicted octanol–water partition coefficient (Wildman–Crippen LogP) is 4.24. The number of hydrogen-bond acceptors (Lipinski definition) is 3. The molecular formula is C17H15ClF2O4S. The molecule has 134 valence electrons. The summed E-state index contributed by atoms with van der Waals surface area (Å²) in [7, 11) is -4.18. The average molecular weight is 389 g/mol. The molecule has 0 fully saturated rings. The van der Waals surface area contributed by atoms with E-state index in [-0.39, 0.29) is 4.90 Å². The topological polar surface area (TPSA) is 71.4 Å². The van der Waals surface area contributed by atoms with E-state index in [1.54, 1.807) is 0 Å². The Morgan fingerprint density at radius 3 is 2.32 bits per heavy atom. The molecule has 2 rings (SSSR count). The van der Waals surface area contributed by atoms with Gasteiger partial charge in [0.1, 0.15) is 11.6 Å². The minimum atomic E-state index is -4.18. The highest BCUT2D eigenvalue weighted by atomic mass is 35.5. The molecule has 2 atom stereocenters. The third-order valence-electron chi connectivity index (χ3n) is 3.75. The highest BCUT2D eigenvalue weighted by Crippen LogP contribution is 2.38. The fourth-order valence-corrected chi connectivity index (χ4v) is 4.82. The molecule has 0 saturated heterocycles. The lowest BCUT2D eigenvalue weighted by Crippen LogP contribution is -2.24. The summed E-state index contributed by atoms with van der Waals surface area (Å²) in [5, 5.41) is 7.75. The van der Waals surface area contributed by atoms with Crippen molar-refractivity contribution in [3.8, 4) is 0 Å². The maximum Gasteiger partial charge on any atom is 0.303 e. The minimum Gasteiger partial charge on any atom is -0.481 e. The van der Waals surface area contributed by atoms with Crippen molar-refractivity contribution in [3.63, 3.8) is 0 Å². The number of rotatable bonds is 6. The van der Waals surface area contributed by atoms with E-state index >= 15 is 0 Å². The van der Waals surface area contributed by atoms with E-state index in [2.05, 4.69) is 0 Å². The predicted molar refractivity (Wildman–Crippen MR) is 89.2 cm³/mol. The molecule has 2 aromatic rings. The van der Waals surface area contributed by atoms with Crippen LogP contribution in [0.15, 0.2) is 47.4 Å². The molecule has 2 aromatic carbocycles. The van der Waals surface area contributed by atoms with Crippen molar-refractivity contribution < 1.29 is 27.1 Å². The van der Waals surface area contributed by atoms with Crippen LogP contribution in [-0.2, 0) is 14.6 Å². The standard InChI is InChI=1S/C17H15ClF2O4S/c1-10(8-16(21)22)17(14-9-12(19)4-7-15(14)20)25(23,24)13-5-2-11(18)3-6-13/h2-7,9-10,17H,8H2,1H3,(H,21,22).